The van der Waals surface area contributed by atoms with Crippen molar-refractivity contribution in [3.05, 3.63) is 0 Å². The number of piperidine rings is 1. The average molecular weight is 422 g/mol. The SMILES string of the molecule is I.NC(=NCCCCCN1CCCCC1)N1CCCCCC1. The number of likely N-dealkylation sites (tertiary alicyclic amines) is 2. The molecule has 0 radical (unpaired) electrons. The molecule has 0 saturated carbocycles. The van der Waals surface area contributed by atoms with Crippen LogP contribution in [0.1, 0.15) is 64.2 Å². The maximum atomic E-state index is 6.12. The Kier molecular flexibility index (Phi) is 11.3. The highest BCUT2D eigenvalue weighted by atomic mass is 127. The summed E-state index contributed by atoms with van der Waals surface area (Å²) in [5.74, 6) is 0.785. The van der Waals surface area contributed by atoms with Gasteiger partial charge in [-0.2, -0.15) is 0 Å². The molecule has 2 aliphatic heterocycles. The first-order valence-electron chi connectivity index (χ1n) is 9.13. The largest absolute Gasteiger partial charge is 0.370 e. The topological polar surface area (TPSA) is 44.9 Å². The van der Waals surface area contributed by atoms with Gasteiger partial charge in [-0.25, -0.2) is 0 Å². The van der Waals surface area contributed by atoms with Gasteiger partial charge < -0.3 is 15.5 Å². The zero-order chi connectivity index (χ0) is 14.8. The number of halogens is 1. The molecule has 0 unspecified atom stereocenters. The predicted octanol–water partition coefficient (Wildman–Crippen LogP) is 3.45. The fourth-order valence-corrected chi connectivity index (χ4v) is 3.40. The molecule has 5 heteroatoms. The quantitative estimate of drug-likeness (QED) is 0.309. The minimum atomic E-state index is 0. The molecule has 0 amide bonds. The van der Waals surface area contributed by atoms with Gasteiger partial charge in [0.05, 0.1) is 0 Å². The van der Waals surface area contributed by atoms with E-state index in [1.54, 1.807) is 0 Å². The number of hydrogen-bond acceptors (Lipinski definition) is 2. The Morgan fingerprint density at radius 3 is 2.05 bits per heavy atom. The Labute approximate surface area is 153 Å². The van der Waals surface area contributed by atoms with Crippen LogP contribution >= 0.6 is 24.0 Å². The second kappa shape index (κ2) is 12.4. The Morgan fingerprint density at radius 2 is 1.36 bits per heavy atom. The number of guanidine groups is 1. The molecule has 2 heterocycles. The van der Waals surface area contributed by atoms with E-state index in [2.05, 4.69) is 14.8 Å². The highest BCUT2D eigenvalue weighted by Crippen LogP contribution is 2.11. The van der Waals surface area contributed by atoms with E-state index in [9.17, 15) is 0 Å². The van der Waals surface area contributed by atoms with Crippen LogP contribution in [0.25, 0.3) is 0 Å². The van der Waals surface area contributed by atoms with E-state index in [1.807, 2.05) is 0 Å². The predicted molar refractivity (Wildman–Crippen MR) is 106 cm³/mol. The summed E-state index contributed by atoms with van der Waals surface area (Å²) in [5, 5.41) is 0. The third-order valence-corrected chi connectivity index (χ3v) is 4.78. The van der Waals surface area contributed by atoms with Gasteiger partial charge in [0.1, 0.15) is 0 Å². The third kappa shape index (κ3) is 7.99. The molecule has 2 rings (SSSR count). The molecule has 2 saturated heterocycles. The van der Waals surface area contributed by atoms with Crippen molar-refractivity contribution in [2.24, 2.45) is 10.7 Å². The van der Waals surface area contributed by atoms with Crippen molar-refractivity contribution < 1.29 is 0 Å². The van der Waals surface area contributed by atoms with E-state index in [0.717, 1.165) is 25.6 Å². The second-order valence-electron chi connectivity index (χ2n) is 6.60. The van der Waals surface area contributed by atoms with Gasteiger partial charge >= 0.3 is 0 Å². The fraction of sp³-hybridized carbons (Fsp3) is 0.941. The standard InChI is InChI=1S/C17H34N4.HI/c18-17(21-15-9-1-2-10-16-21)19-11-5-3-6-12-20-13-7-4-8-14-20;/h1-16H2,(H2,18,19);1H. The summed E-state index contributed by atoms with van der Waals surface area (Å²) in [5.41, 5.74) is 6.12. The zero-order valence-electron chi connectivity index (χ0n) is 14.1. The van der Waals surface area contributed by atoms with Crippen LogP contribution in [0.5, 0.6) is 0 Å². The minimum Gasteiger partial charge on any atom is -0.370 e. The second-order valence-corrected chi connectivity index (χ2v) is 6.60. The molecule has 0 atom stereocenters. The third-order valence-electron chi connectivity index (χ3n) is 4.78. The van der Waals surface area contributed by atoms with Crippen molar-refractivity contribution in [1.29, 1.82) is 0 Å². The Morgan fingerprint density at radius 1 is 0.773 bits per heavy atom. The van der Waals surface area contributed by atoms with Crippen LogP contribution in [0.3, 0.4) is 0 Å². The Bertz CT molecular complexity index is 295. The summed E-state index contributed by atoms with van der Waals surface area (Å²) in [7, 11) is 0. The van der Waals surface area contributed by atoms with E-state index in [1.165, 1.54) is 83.8 Å². The van der Waals surface area contributed by atoms with Crippen molar-refractivity contribution in [3.8, 4) is 0 Å². The molecule has 4 nitrogen and oxygen atoms in total. The lowest BCUT2D eigenvalue weighted by Gasteiger charge is -2.26. The van der Waals surface area contributed by atoms with Gasteiger partial charge in [0.15, 0.2) is 5.96 Å². The fourth-order valence-electron chi connectivity index (χ4n) is 3.40. The number of aliphatic imine (C=N–C) groups is 1. The molecule has 22 heavy (non-hydrogen) atoms. The molecule has 2 N–H and O–H groups in total. The van der Waals surface area contributed by atoms with Crippen molar-refractivity contribution in [2.45, 2.75) is 64.2 Å². The van der Waals surface area contributed by atoms with Gasteiger partial charge in [-0.15, -0.1) is 24.0 Å². The van der Waals surface area contributed by atoms with E-state index in [4.69, 9.17) is 5.73 Å². The first kappa shape index (κ1) is 20.0. The average Bonchev–Trinajstić information content (AvgIpc) is 2.81. The van der Waals surface area contributed by atoms with Crippen LogP contribution in [0.15, 0.2) is 4.99 Å². The van der Waals surface area contributed by atoms with E-state index < -0.39 is 0 Å². The molecule has 2 aliphatic rings. The highest BCUT2D eigenvalue weighted by molar-refractivity contribution is 14.0. The molecule has 2 fully saturated rings. The van der Waals surface area contributed by atoms with Gasteiger partial charge in [-0.1, -0.05) is 25.7 Å². The molecule has 0 aromatic carbocycles. The van der Waals surface area contributed by atoms with Gasteiger partial charge in [0.2, 0.25) is 0 Å². The molecule has 0 aromatic heterocycles. The number of rotatable bonds is 6. The van der Waals surface area contributed by atoms with Crippen molar-refractivity contribution in [2.75, 3.05) is 39.3 Å². The van der Waals surface area contributed by atoms with Crippen molar-refractivity contribution >= 4 is 29.9 Å². The zero-order valence-corrected chi connectivity index (χ0v) is 16.5. The lowest BCUT2D eigenvalue weighted by molar-refractivity contribution is 0.224. The molecule has 0 aromatic rings. The van der Waals surface area contributed by atoms with Crippen LogP contribution in [-0.4, -0.2) is 55.0 Å². The Hall–Kier alpha value is -0.0400. The van der Waals surface area contributed by atoms with Gasteiger partial charge in [0, 0.05) is 19.6 Å². The van der Waals surface area contributed by atoms with E-state index >= 15 is 0 Å². The summed E-state index contributed by atoms with van der Waals surface area (Å²) < 4.78 is 0. The summed E-state index contributed by atoms with van der Waals surface area (Å²) in [6, 6.07) is 0. The van der Waals surface area contributed by atoms with Crippen LogP contribution in [-0.2, 0) is 0 Å². The highest BCUT2D eigenvalue weighted by Gasteiger charge is 2.11. The Balaban J connectivity index is 0.00000242. The molecule has 0 aliphatic carbocycles. The number of unbranched alkanes of at least 4 members (excludes halogenated alkanes) is 2. The maximum Gasteiger partial charge on any atom is 0.191 e. The van der Waals surface area contributed by atoms with Gasteiger partial charge in [0.25, 0.3) is 0 Å². The molecule has 0 bridgehead atoms. The summed E-state index contributed by atoms with van der Waals surface area (Å²) >= 11 is 0. The lowest BCUT2D eigenvalue weighted by Crippen LogP contribution is -2.38. The summed E-state index contributed by atoms with van der Waals surface area (Å²) in [6.07, 6.45) is 13.3. The number of nitrogens with two attached hydrogens (primary N) is 1. The van der Waals surface area contributed by atoms with E-state index in [-0.39, 0.29) is 24.0 Å². The van der Waals surface area contributed by atoms with Crippen LogP contribution in [0.2, 0.25) is 0 Å². The smallest absolute Gasteiger partial charge is 0.191 e. The first-order chi connectivity index (χ1) is 10.4. The minimum absolute atomic E-state index is 0. The molecular weight excluding hydrogens is 387 g/mol. The van der Waals surface area contributed by atoms with Crippen LogP contribution in [0.4, 0.5) is 0 Å². The molecule has 130 valence electrons. The number of nitrogens with zero attached hydrogens (tertiary/aromatic N) is 3. The van der Waals surface area contributed by atoms with Crippen molar-refractivity contribution in [1.82, 2.24) is 9.80 Å². The summed E-state index contributed by atoms with van der Waals surface area (Å²) in [6.45, 7) is 7.03. The first-order valence-corrected chi connectivity index (χ1v) is 9.13. The monoisotopic (exact) mass is 422 g/mol. The lowest BCUT2D eigenvalue weighted by atomic mass is 10.1. The normalized spacial score (nSPS) is 21.3. The maximum absolute atomic E-state index is 6.12. The van der Waals surface area contributed by atoms with E-state index in [0.29, 0.717) is 0 Å². The summed E-state index contributed by atoms with van der Waals surface area (Å²) in [4.78, 5) is 9.48. The van der Waals surface area contributed by atoms with Crippen molar-refractivity contribution in [3.63, 3.8) is 0 Å². The molecule has 0 spiro atoms. The van der Waals surface area contributed by atoms with Crippen LogP contribution < -0.4 is 5.73 Å². The van der Waals surface area contributed by atoms with Crippen LogP contribution in [0, 0.1) is 0 Å². The van der Waals surface area contributed by atoms with Gasteiger partial charge in [-0.05, 0) is 58.2 Å². The van der Waals surface area contributed by atoms with Gasteiger partial charge in [-0.3, -0.25) is 4.99 Å². The number of hydrogen-bond donors (Lipinski definition) is 1. The molecular formula is C17H35IN4.